The topological polar surface area (TPSA) is 108 Å². The van der Waals surface area contributed by atoms with Crippen LogP contribution in [0.3, 0.4) is 0 Å². The Labute approximate surface area is 151 Å². The standard InChI is InChI=1S/C18H24FN3O4/c1-11(2)22-16(8-7-14(23)9-15(24)10-17(25)26)18(20-21-22)12-3-5-13(19)6-4-12/h3-6,11,14-15,23-24H,7-10H2,1-2H3,(H,25,26). The van der Waals surface area contributed by atoms with Crippen molar-refractivity contribution >= 4 is 5.97 Å². The van der Waals surface area contributed by atoms with Gasteiger partial charge in [0.25, 0.3) is 0 Å². The molecule has 0 amide bonds. The van der Waals surface area contributed by atoms with Crippen LogP contribution in [0.2, 0.25) is 0 Å². The Balaban J connectivity index is 2.13. The average molecular weight is 365 g/mol. The highest BCUT2D eigenvalue weighted by atomic mass is 19.1. The number of aromatic nitrogens is 3. The monoisotopic (exact) mass is 365 g/mol. The number of aliphatic hydroxyl groups is 2. The van der Waals surface area contributed by atoms with E-state index in [9.17, 15) is 19.4 Å². The first kappa shape index (κ1) is 20.0. The summed E-state index contributed by atoms with van der Waals surface area (Å²) < 4.78 is 14.9. The van der Waals surface area contributed by atoms with Crippen LogP contribution in [0.15, 0.2) is 24.3 Å². The first-order valence-corrected chi connectivity index (χ1v) is 8.55. The third-order valence-corrected chi connectivity index (χ3v) is 4.07. The Morgan fingerprint density at radius 1 is 1.19 bits per heavy atom. The van der Waals surface area contributed by atoms with E-state index in [2.05, 4.69) is 10.3 Å². The smallest absolute Gasteiger partial charge is 0.305 e. The van der Waals surface area contributed by atoms with E-state index >= 15 is 0 Å². The minimum absolute atomic E-state index is 0.0125. The molecule has 2 rings (SSSR count). The number of carboxylic acids is 1. The van der Waals surface area contributed by atoms with Crippen molar-refractivity contribution in [2.45, 2.75) is 57.8 Å². The highest BCUT2D eigenvalue weighted by Gasteiger charge is 2.20. The van der Waals surface area contributed by atoms with Crippen molar-refractivity contribution in [1.29, 1.82) is 0 Å². The third-order valence-electron chi connectivity index (χ3n) is 4.07. The van der Waals surface area contributed by atoms with Crippen LogP contribution in [0.25, 0.3) is 11.3 Å². The van der Waals surface area contributed by atoms with E-state index in [1.165, 1.54) is 12.1 Å². The van der Waals surface area contributed by atoms with Gasteiger partial charge in [-0.1, -0.05) is 5.21 Å². The number of carbonyl (C=O) groups is 1. The summed E-state index contributed by atoms with van der Waals surface area (Å²) in [5, 5.41) is 36.8. The predicted octanol–water partition coefficient (Wildman–Crippen LogP) is 2.18. The molecule has 0 aliphatic heterocycles. The van der Waals surface area contributed by atoms with Crippen LogP contribution in [-0.2, 0) is 11.2 Å². The van der Waals surface area contributed by atoms with Crippen molar-refractivity contribution in [3.8, 4) is 11.3 Å². The lowest BCUT2D eigenvalue weighted by Gasteiger charge is -2.16. The fraction of sp³-hybridized carbons (Fsp3) is 0.500. The Kier molecular flexibility index (Phi) is 6.82. The van der Waals surface area contributed by atoms with Crippen molar-refractivity contribution in [3.05, 3.63) is 35.8 Å². The highest BCUT2D eigenvalue weighted by molar-refractivity contribution is 5.67. The fourth-order valence-corrected chi connectivity index (χ4v) is 2.81. The minimum Gasteiger partial charge on any atom is -0.481 e. The van der Waals surface area contributed by atoms with Crippen molar-refractivity contribution < 1.29 is 24.5 Å². The number of carboxylic acid groups (broad SMARTS) is 1. The maximum atomic E-state index is 13.2. The molecule has 0 saturated heterocycles. The van der Waals surface area contributed by atoms with Gasteiger partial charge in [0, 0.05) is 11.6 Å². The molecule has 0 radical (unpaired) electrons. The van der Waals surface area contributed by atoms with Gasteiger partial charge in [-0.2, -0.15) is 0 Å². The highest BCUT2D eigenvalue weighted by Crippen LogP contribution is 2.25. The van der Waals surface area contributed by atoms with Gasteiger partial charge in [0.2, 0.25) is 0 Å². The molecule has 1 aromatic carbocycles. The van der Waals surface area contributed by atoms with Gasteiger partial charge >= 0.3 is 5.97 Å². The zero-order valence-electron chi connectivity index (χ0n) is 14.8. The number of aliphatic carboxylic acids is 1. The Bertz CT molecular complexity index is 731. The summed E-state index contributed by atoms with van der Waals surface area (Å²) in [6.07, 6.45) is -1.58. The van der Waals surface area contributed by atoms with Gasteiger partial charge in [-0.25, -0.2) is 9.07 Å². The molecule has 7 nitrogen and oxygen atoms in total. The molecule has 3 N–H and O–H groups in total. The van der Waals surface area contributed by atoms with E-state index in [1.807, 2.05) is 13.8 Å². The van der Waals surface area contributed by atoms with Gasteiger partial charge in [0.1, 0.15) is 11.5 Å². The van der Waals surface area contributed by atoms with Gasteiger partial charge in [-0.3, -0.25) is 4.79 Å². The summed E-state index contributed by atoms with van der Waals surface area (Å²) in [5.74, 6) is -1.44. The summed E-state index contributed by atoms with van der Waals surface area (Å²) in [6, 6.07) is 6.01. The normalized spacial score (nSPS) is 13.8. The maximum absolute atomic E-state index is 13.2. The van der Waals surface area contributed by atoms with E-state index in [0.717, 1.165) is 11.3 Å². The molecule has 0 bridgehead atoms. The van der Waals surface area contributed by atoms with Crippen LogP contribution in [0.5, 0.6) is 0 Å². The maximum Gasteiger partial charge on any atom is 0.305 e. The molecule has 2 atom stereocenters. The van der Waals surface area contributed by atoms with Gasteiger partial charge in [0.05, 0.1) is 24.3 Å². The van der Waals surface area contributed by atoms with Crippen molar-refractivity contribution in [3.63, 3.8) is 0 Å². The van der Waals surface area contributed by atoms with Crippen LogP contribution < -0.4 is 0 Å². The summed E-state index contributed by atoms with van der Waals surface area (Å²) in [5.41, 5.74) is 2.16. The molecule has 2 unspecified atom stereocenters. The molecular weight excluding hydrogens is 341 g/mol. The molecule has 8 heteroatoms. The van der Waals surface area contributed by atoms with Crippen molar-refractivity contribution in [2.75, 3.05) is 0 Å². The van der Waals surface area contributed by atoms with Crippen molar-refractivity contribution in [2.24, 2.45) is 0 Å². The van der Waals surface area contributed by atoms with E-state index in [-0.39, 0.29) is 18.3 Å². The Morgan fingerprint density at radius 3 is 2.42 bits per heavy atom. The van der Waals surface area contributed by atoms with E-state index in [0.29, 0.717) is 18.5 Å². The number of rotatable bonds is 9. The molecule has 1 heterocycles. The lowest BCUT2D eigenvalue weighted by Crippen LogP contribution is -2.21. The molecule has 0 aliphatic rings. The molecule has 0 aliphatic carbocycles. The van der Waals surface area contributed by atoms with Gasteiger partial charge in [-0.15, -0.1) is 5.10 Å². The third kappa shape index (κ3) is 5.34. The van der Waals surface area contributed by atoms with E-state index in [1.54, 1.807) is 16.8 Å². The SMILES string of the molecule is CC(C)n1nnc(-c2ccc(F)cc2)c1CCC(O)CC(O)CC(=O)O. The van der Waals surface area contributed by atoms with E-state index < -0.39 is 24.6 Å². The number of nitrogens with zero attached hydrogens (tertiary/aromatic N) is 3. The van der Waals surface area contributed by atoms with Crippen molar-refractivity contribution in [1.82, 2.24) is 15.0 Å². The number of hydrogen-bond acceptors (Lipinski definition) is 5. The Hall–Kier alpha value is -2.32. The van der Waals surface area contributed by atoms with Gasteiger partial charge < -0.3 is 15.3 Å². The molecule has 0 saturated carbocycles. The molecule has 0 spiro atoms. The van der Waals surface area contributed by atoms with Crippen LogP contribution in [0.1, 0.15) is 44.8 Å². The molecule has 0 fully saturated rings. The average Bonchev–Trinajstić information content (AvgIpc) is 2.96. The minimum atomic E-state index is -1.11. The summed E-state index contributed by atoms with van der Waals surface area (Å²) in [4.78, 5) is 10.6. The fourth-order valence-electron chi connectivity index (χ4n) is 2.81. The summed E-state index contributed by atoms with van der Waals surface area (Å²) in [7, 11) is 0. The molecule has 142 valence electrons. The van der Waals surface area contributed by atoms with Gasteiger partial charge in [-0.05, 0) is 57.4 Å². The number of benzene rings is 1. The quantitative estimate of drug-likeness (QED) is 0.629. The molecular formula is C18H24FN3O4. The van der Waals surface area contributed by atoms with Crippen LogP contribution >= 0.6 is 0 Å². The number of hydrogen-bond donors (Lipinski definition) is 3. The van der Waals surface area contributed by atoms with Gasteiger partial charge in [0.15, 0.2) is 0 Å². The Morgan fingerprint density at radius 2 is 1.85 bits per heavy atom. The second kappa shape index (κ2) is 8.86. The zero-order valence-corrected chi connectivity index (χ0v) is 14.8. The molecule has 1 aromatic heterocycles. The number of aliphatic hydroxyl groups excluding tert-OH is 2. The lowest BCUT2D eigenvalue weighted by molar-refractivity contribution is -0.139. The van der Waals surface area contributed by atoms with Crippen LogP contribution in [0, 0.1) is 5.82 Å². The predicted molar refractivity (Wildman–Crippen MR) is 93.0 cm³/mol. The summed E-state index contributed by atoms with van der Waals surface area (Å²) in [6.45, 7) is 3.92. The largest absolute Gasteiger partial charge is 0.481 e. The first-order valence-electron chi connectivity index (χ1n) is 8.55. The lowest BCUT2D eigenvalue weighted by atomic mass is 10.0. The van der Waals surface area contributed by atoms with Crippen LogP contribution in [-0.4, -0.2) is 48.5 Å². The first-order chi connectivity index (χ1) is 12.3. The molecule has 2 aromatic rings. The van der Waals surface area contributed by atoms with E-state index in [4.69, 9.17) is 5.11 Å². The van der Waals surface area contributed by atoms with Crippen LogP contribution in [0.4, 0.5) is 4.39 Å². The number of halogens is 1. The second-order valence-electron chi connectivity index (χ2n) is 6.61. The zero-order chi connectivity index (χ0) is 19.3. The molecule has 26 heavy (non-hydrogen) atoms. The summed E-state index contributed by atoms with van der Waals surface area (Å²) >= 11 is 0. The second-order valence-corrected chi connectivity index (χ2v) is 6.61.